The van der Waals surface area contributed by atoms with E-state index >= 15 is 0 Å². The second-order valence-corrected chi connectivity index (χ2v) is 4.23. The van der Waals surface area contributed by atoms with Crippen LogP contribution in [0.3, 0.4) is 0 Å². The molecule has 0 bridgehead atoms. The van der Waals surface area contributed by atoms with Gasteiger partial charge in [0, 0.05) is 19.0 Å². The summed E-state index contributed by atoms with van der Waals surface area (Å²) < 4.78 is 0. The Bertz CT molecular complexity index is 205. The molecule has 0 aliphatic carbocycles. The summed E-state index contributed by atoms with van der Waals surface area (Å²) in [6.07, 6.45) is 3.03. The van der Waals surface area contributed by atoms with Gasteiger partial charge in [0.1, 0.15) is 0 Å². The van der Waals surface area contributed by atoms with Crippen LogP contribution in [-0.2, 0) is 0 Å². The SMILES string of the molecule is CCN(CC)C1CCN(CCCC#N)C1. The summed E-state index contributed by atoms with van der Waals surface area (Å²) in [4.78, 5) is 5.05. The summed E-state index contributed by atoms with van der Waals surface area (Å²) in [5.41, 5.74) is 0. The van der Waals surface area contributed by atoms with E-state index in [-0.39, 0.29) is 0 Å². The van der Waals surface area contributed by atoms with Crippen molar-refractivity contribution in [2.75, 3.05) is 32.7 Å². The smallest absolute Gasteiger partial charge is 0.0622 e. The van der Waals surface area contributed by atoms with E-state index in [1.165, 1.54) is 19.5 Å². The predicted octanol–water partition coefficient (Wildman–Crippen LogP) is 1.71. The van der Waals surface area contributed by atoms with Crippen molar-refractivity contribution in [1.29, 1.82) is 5.26 Å². The van der Waals surface area contributed by atoms with Crippen molar-refractivity contribution < 1.29 is 0 Å². The maximum absolute atomic E-state index is 8.48. The molecule has 1 aliphatic heterocycles. The van der Waals surface area contributed by atoms with Crippen molar-refractivity contribution in [3.05, 3.63) is 0 Å². The van der Waals surface area contributed by atoms with Crippen LogP contribution in [0, 0.1) is 11.3 Å². The minimum absolute atomic E-state index is 0.701. The number of rotatable bonds is 6. The van der Waals surface area contributed by atoms with Crippen molar-refractivity contribution >= 4 is 0 Å². The molecule has 0 aromatic heterocycles. The molecule has 3 heteroatoms. The van der Waals surface area contributed by atoms with Gasteiger partial charge in [-0.1, -0.05) is 13.8 Å². The summed E-state index contributed by atoms with van der Waals surface area (Å²) in [5, 5.41) is 8.48. The molecule has 1 aliphatic rings. The van der Waals surface area contributed by atoms with E-state index in [2.05, 4.69) is 29.7 Å². The van der Waals surface area contributed by atoms with E-state index in [0.29, 0.717) is 6.42 Å². The molecule has 0 amide bonds. The summed E-state index contributed by atoms with van der Waals surface area (Å²) >= 11 is 0. The molecule has 1 unspecified atom stereocenters. The van der Waals surface area contributed by atoms with Crippen LogP contribution in [0.5, 0.6) is 0 Å². The van der Waals surface area contributed by atoms with Gasteiger partial charge in [0.2, 0.25) is 0 Å². The van der Waals surface area contributed by atoms with Crippen LogP contribution in [0.25, 0.3) is 0 Å². The highest BCUT2D eigenvalue weighted by atomic mass is 15.2. The first-order chi connectivity index (χ1) is 7.31. The minimum atomic E-state index is 0.701. The molecule has 0 radical (unpaired) electrons. The Morgan fingerprint density at radius 2 is 2.13 bits per heavy atom. The third-order valence-corrected chi connectivity index (χ3v) is 3.34. The lowest BCUT2D eigenvalue weighted by molar-refractivity contribution is 0.210. The molecule has 0 spiro atoms. The Kier molecular flexibility index (Phi) is 5.67. The second-order valence-electron chi connectivity index (χ2n) is 4.23. The van der Waals surface area contributed by atoms with E-state index in [0.717, 1.165) is 32.1 Å². The molecule has 0 aromatic rings. The maximum Gasteiger partial charge on any atom is 0.0622 e. The number of likely N-dealkylation sites (tertiary alicyclic amines) is 1. The van der Waals surface area contributed by atoms with Crippen molar-refractivity contribution in [3.63, 3.8) is 0 Å². The molecule has 1 saturated heterocycles. The molecule has 0 saturated carbocycles. The fraction of sp³-hybridized carbons (Fsp3) is 0.917. The van der Waals surface area contributed by atoms with Crippen molar-refractivity contribution in [3.8, 4) is 6.07 Å². The van der Waals surface area contributed by atoms with Crippen LogP contribution in [0.1, 0.15) is 33.1 Å². The molecule has 15 heavy (non-hydrogen) atoms. The molecule has 1 atom stereocenters. The van der Waals surface area contributed by atoms with Crippen LogP contribution in [0.15, 0.2) is 0 Å². The Hall–Kier alpha value is -0.590. The van der Waals surface area contributed by atoms with Gasteiger partial charge in [-0.15, -0.1) is 0 Å². The molecule has 1 fully saturated rings. The average Bonchev–Trinajstić information content (AvgIpc) is 2.69. The third kappa shape index (κ3) is 3.81. The van der Waals surface area contributed by atoms with Gasteiger partial charge < -0.3 is 4.90 Å². The van der Waals surface area contributed by atoms with Crippen LogP contribution in [-0.4, -0.2) is 48.6 Å². The number of nitriles is 1. The highest BCUT2D eigenvalue weighted by Crippen LogP contribution is 2.15. The lowest BCUT2D eigenvalue weighted by atomic mass is 10.2. The zero-order chi connectivity index (χ0) is 11.1. The number of hydrogen-bond donors (Lipinski definition) is 0. The first-order valence-corrected chi connectivity index (χ1v) is 6.15. The van der Waals surface area contributed by atoms with Gasteiger partial charge in [0.25, 0.3) is 0 Å². The second kappa shape index (κ2) is 6.81. The Morgan fingerprint density at radius 1 is 1.40 bits per heavy atom. The predicted molar refractivity (Wildman–Crippen MR) is 62.6 cm³/mol. The largest absolute Gasteiger partial charge is 0.302 e. The normalized spacial score (nSPS) is 22.1. The van der Waals surface area contributed by atoms with Crippen LogP contribution < -0.4 is 0 Å². The minimum Gasteiger partial charge on any atom is -0.302 e. The lowest BCUT2D eigenvalue weighted by Gasteiger charge is -2.26. The van der Waals surface area contributed by atoms with Crippen LogP contribution >= 0.6 is 0 Å². The monoisotopic (exact) mass is 209 g/mol. The number of nitrogens with zero attached hydrogens (tertiary/aromatic N) is 3. The summed E-state index contributed by atoms with van der Waals surface area (Å²) in [7, 11) is 0. The van der Waals surface area contributed by atoms with Gasteiger partial charge in [-0.2, -0.15) is 5.26 Å². The van der Waals surface area contributed by atoms with E-state index in [9.17, 15) is 0 Å². The summed E-state index contributed by atoms with van der Waals surface area (Å²) in [6.45, 7) is 10.3. The quantitative estimate of drug-likeness (QED) is 0.624. The first-order valence-electron chi connectivity index (χ1n) is 6.15. The lowest BCUT2D eigenvalue weighted by Crippen LogP contribution is -2.37. The van der Waals surface area contributed by atoms with E-state index in [1.807, 2.05) is 0 Å². The van der Waals surface area contributed by atoms with E-state index in [1.54, 1.807) is 0 Å². The van der Waals surface area contributed by atoms with Gasteiger partial charge in [0.15, 0.2) is 0 Å². The maximum atomic E-state index is 8.48. The standard InChI is InChI=1S/C12H23N3/c1-3-15(4-2)12-7-10-14(11-12)9-6-5-8-13/h12H,3-7,9-11H2,1-2H3. The molecule has 1 heterocycles. The fourth-order valence-electron chi connectivity index (χ4n) is 2.44. The Morgan fingerprint density at radius 3 is 2.73 bits per heavy atom. The van der Waals surface area contributed by atoms with Crippen molar-refractivity contribution in [1.82, 2.24) is 9.80 Å². The molecular weight excluding hydrogens is 186 g/mol. The van der Waals surface area contributed by atoms with Gasteiger partial charge in [-0.05, 0) is 39.0 Å². The molecule has 86 valence electrons. The average molecular weight is 209 g/mol. The highest BCUT2D eigenvalue weighted by molar-refractivity contribution is 4.83. The molecule has 0 N–H and O–H groups in total. The summed E-state index contributed by atoms with van der Waals surface area (Å²) in [6, 6.07) is 2.96. The van der Waals surface area contributed by atoms with E-state index < -0.39 is 0 Å². The van der Waals surface area contributed by atoms with Gasteiger partial charge >= 0.3 is 0 Å². The van der Waals surface area contributed by atoms with Crippen LogP contribution in [0.2, 0.25) is 0 Å². The molecule has 3 nitrogen and oxygen atoms in total. The summed E-state index contributed by atoms with van der Waals surface area (Å²) in [5.74, 6) is 0. The van der Waals surface area contributed by atoms with E-state index in [4.69, 9.17) is 5.26 Å². The molecule has 1 rings (SSSR count). The van der Waals surface area contributed by atoms with Crippen molar-refractivity contribution in [2.24, 2.45) is 0 Å². The molecule has 0 aromatic carbocycles. The fourth-order valence-corrected chi connectivity index (χ4v) is 2.44. The topological polar surface area (TPSA) is 30.3 Å². The Balaban J connectivity index is 2.23. The van der Waals surface area contributed by atoms with Crippen molar-refractivity contribution in [2.45, 2.75) is 39.2 Å². The highest BCUT2D eigenvalue weighted by Gasteiger charge is 2.25. The molecular formula is C12H23N3. The number of hydrogen-bond acceptors (Lipinski definition) is 3. The first kappa shape index (κ1) is 12.5. The third-order valence-electron chi connectivity index (χ3n) is 3.34. The van der Waals surface area contributed by atoms with Gasteiger partial charge in [0.05, 0.1) is 6.07 Å². The Labute approximate surface area is 93.7 Å². The van der Waals surface area contributed by atoms with Gasteiger partial charge in [-0.3, -0.25) is 4.90 Å². The number of unbranched alkanes of at least 4 members (excludes halogenated alkanes) is 1. The van der Waals surface area contributed by atoms with Crippen LogP contribution in [0.4, 0.5) is 0 Å². The number of likely N-dealkylation sites (N-methyl/N-ethyl adjacent to an activating group) is 1. The van der Waals surface area contributed by atoms with Gasteiger partial charge in [-0.25, -0.2) is 0 Å². The zero-order valence-corrected chi connectivity index (χ0v) is 10.1. The zero-order valence-electron chi connectivity index (χ0n) is 10.1.